The Balaban J connectivity index is 1.56. The molecule has 2 heterocycles. The minimum absolute atomic E-state index is 0.0150. The van der Waals surface area contributed by atoms with Crippen LogP contribution in [-0.4, -0.2) is 56.1 Å². The van der Waals surface area contributed by atoms with Crippen molar-refractivity contribution >= 4 is 17.9 Å². The number of aromatic nitrogens is 3. The van der Waals surface area contributed by atoms with E-state index < -0.39 is 6.03 Å². The number of hydrogen-bond donors (Lipinski definition) is 1. The number of halogens is 1. The molecule has 0 saturated carbocycles. The van der Waals surface area contributed by atoms with E-state index in [2.05, 4.69) is 15.4 Å². The van der Waals surface area contributed by atoms with Gasteiger partial charge in [0.05, 0.1) is 0 Å². The fraction of sp³-hybridized carbons (Fsp3) is 0.375. The number of amides is 3. The minimum atomic E-state index is -0.402. The normalized spacial score (nSPS) is 14.8. The molecule has 0 aliphatic carbocycles. The first-order valence-corrected chi connectivity index (χ1v) is 7.88. The lowest BCUT2D eigenvalue weighted by Gasteiger charge is -2.34. The predicted octanol–water partition coefficient (Wildman–Crippen LogP) is 1.14. The molecule has 1 aromatic carbocycles. The van der Waals surface area contributed by atoms with Crippen LogP contribution >= 0.6 is 0 Å². The lowest BCUT2D eigenvalue weighted by atomic mass is 10.2. The number of urea groups is 1. The van der Waals surface area contributed by atoms with Crippen LogP contribution in [0.25, 0.3) is 0 Å². The van der Waals surface area contributed by atoms with Crippen LogP contribution in [0.15, 0.2) is 24.3 Å². The monoisotopic (exact) mass is 346 g/mol. The lowest BCUT2D eigenvalue weighted by Crippen LogP contribution is -2.52. The highest BCUT2D eigenvalue weighted by atomic mass is 19.1. The maximum absolute atomic E-state index is 12.9. The first-order valence-electron chi connectivity index (χ1n) is 7.88. The number of carbonyl (C=O) groups is 2. The van der Waals surface area contributed by atoms with E-state index in [9.17, 15) is 14.0 Å². The largest absolute Gasteiger partial charge is 0.335 e. The molecule has 1 aromatic heterocycles. The van der Waals surface area contributed by atoms with Gasteiger partial charge < -0.3 is 9.80 Å². The van der Waals surface area contributed by atoms with Crippen LogP contribution in [0.1, 0.15) is 11.4 Å². The van der Waals surface area contributed by atoms with Gasteiger partial charge in [-0.25, -0.2) is 9.18 Å². The standard InChI is InChI=1S/C16H19FN6O2/c1-11-18-15(20-21(11)2)19-16(25)23-8-7-22(14(24)10-23)9-12-3-5-13(17)6-4-12/h3-6H,7-10H2,1-2H3,(H,19,20,25). The van der Waals surface area contributed by atoms with Crippen LogP contribution in [0.4, 0.5) is 15.1 Å². The van der Waals surface area contributed by atoms with E-state index in [-0.39, 0.29) is 24.2 Å². The second-order valence-corrected chi connectivity index (χ2v) is 5.90. The number of anilines is 1. The Labute approximate surface area is 144 Å². The second-order valence-electron chi connectivity index (χ2n) is 5.90. The zero-order valence-electron chi connectivity index (χ0n) is 14.1. The van der Waals surface area contributed by atoms with Gasteiger partial charge in [0.25, 0.3) is 0 Å². The molecule has 0 atom stereocenters. The average molecular weight is 346 g/mol. The molecule has 1 fully saturated rings. The first-order chi connectivity index (χ1) is 11.9. The fourth-order valence-corrected chi connectivity index (χ4v) is 2.55. The van der Waals surface area contributed by atoms with Crippen molar-refractivity contribution in [3.8, 4) is 0 Å². The zero-order chi connectivity index (χ0) is 18.0. The van der Waals surface area contributed by atoms with E-state index >= 15 is 0 Å². The molecule has 0 radical (unpaired) electrons. The highest BCUT2D eigenvalue weighted by Gasteiger charge is 2.27. The summed E-state index contributed by atoms with van der Waals surface area (Å²) in [6.45, 7) is 2.98. The Kier molecular flexibility index (Phi) is 4.64. The van der Waals surface area contributed by atoms with Gasteiger partial charge in [-0.05, 0) is 24.6 Å². The van der Waals surface area contributed by atoms with Crippen LogP contribution in [0.5, 0.6) is 0 Å². The Morgan fingerprint density at radius 1 is 1.28 bits per heavy atom. The number of piperazine rings is 1. The van der Waals surface area contributed by atoms with Crippen LogP contribution in [-0.2, 0) is 18.4 Å². The Bertz CT molecular complexity index is 769. The summed E-state index contributed by atoms with van der Waals surface area (Å²) < 4.78 is 14.5. The molecular formula is C16H19FN6O2. The number of rotatable bonds is 3. The Hall–Kier alpha value is -2.97. The number of carbonyl (C=O) groups excluding carboxylic acids is 2. The van der Waals surface area contributed by atoms with Crippen molar-refractivity contribution < 1.29 is 14.0 Å². The van der Waals surface area contributed by atoms with Crippen molar-refractivity contribution in [1.29, 1.82) is 0 Å². The third-order valence-corrected chi connectivity index (χ3v) is 4.09. The summed E-state index contributed by atoms with van der Waals surface area (Å²) >= 11 is 0. The smallest absolute Gasteiger partial charge is 0.324 e. The number of nitrogens with zero attached hydrogens (tertiary/aromatic N) is 5. The maximum Gasteiger partial charge on any atom is 0.324 e. The molecule has 2 aromatic rings. The Morgan fingerprint density at radius 3 is 2.60 bits per heavy atom. The summed E-state index contributed by atoms with van der Waals surface area (Å²) in [5.74, 6) is 0.424. The average Bonchev–Trinajstić information content (AvgIpc) is 2.89. The minimum Gasteiger partial charge on any atom is -0.335 e. The SMILES string of the molecule is Cc1nc(NC(=O)N2CCN(Cc3ccc(F)cc3)C(=O)C2)nn1C. The number of nitrogens with one attached hydrogen (secondary N) is 1. The van der Waals surface area contributed by atoms with Crippen LogP contribution in [0.2, 0.25) is 0 Å². The summed E-state index contributed by atoms with van der Waals surface area (Å²) in [5, 5.41) is 6.66. The van der Waals surface area contributed by atoms with Crippen molar-refractivity contribution in [3.63, 3.8) is 0 Å². The maximum atomic E-state index is 12.9. The van der Waals surface area contributed by atoms with Crippen molar-refractivity contribution in [2.75, 3.05) is 25.0 Å². The molecule has 1 saturated heterocycles. The zero-order valence-corrected chi connectivity index (χ0v) is 14.1. The van der Waals surface area contributed by atoms with E-state index in [0.717, 1.165) is 5.56 Å². The lowest BCUT2D eigenvalue weighted by molar-refractivity contribution is -0.135. The highest BCUT2D eigenvalue weighted by Crippen LogP contribution is 2.12. The topological polar surface area (TPSA) is 83.4 Å². The molecule has 1 N–H and O–H groups in total. The summed E-state index contributed by atoms with van der Waals surface area (Å²) in [6, 6.07) is 5.63. The van der Waals surface area contributed by atoms with E-state index in [1.54, 1.807) is 35.7 Å². The van der Waals surface area contributed by atoms with Gasteiger partial charge in [-0.15, -0.1) is 5.10 Å². The molecule has 0 spiro atoms. The molecule has 25 heavy (non-hydrogen) atoms. The number of hydrogen-bond acceptors (Lipinski definition) is 4. The molecule has 1 aliphatic rings. The molecule has 3 rings (SSSR count). The van der Waals surface area contributed by atoms with E-state index in [0.29, 0.717) is 25.5 Å². The van der Waals surface area contributed by atoms with Gasteiger partial charge in [0.2, 0.25) is 11.9 Å². The number of benzene rings is 1. The third kappa shape index (κ3) is 3.93. The molecule has 0 bridgehead atoms. The first kappa shape index (κ1) is 16.9. The van der Waals surface area contributed by atoms with E-state index in [4.69, 9.17) is 0 Å². The fourth-order valence-electron chi connectivity index (χ4n) is 2.55. The van der Waals surface area contributed by atoms with E-state index in [1.807, 2.05) is 0 Å². The molecule has 9 heteroatoms. The van der Waals surface area contributed by atoms with Gasteiger partial charge in [0.15, 0.2) is 0 Å². The summed E-state index contributed by atoms with van der Waals surface area (Å²) in [7, 11) is 1.73. The summed E-state index contributed by atoms with van der Waals surface area (Å²) in [4.78, 5) is 31.7. The van der Waals surface area contributed by atoms with Gasteiger partial charge in [0, 0.05) is 26.7 Å². The molecular weight excluding hydrogens is 327 g/mol. The molecule has 1 aliphatic heterocycles. The van der Waals surface area contributed by atoms with Crippen LogP contribution < -0.4 is 5.32 Å². The van der Waals surface area contributed by atoms with Crippen LogP contribution in [0.3, 0.4) is 0 Å². The van der Waals surface area contributed by atoms with Crippen molar-refractivity contribution in [3.05, 3.63) is 41.5 Å². The van der Waals surface area contributed by atoms with Gasteiger partial charge in [-0.3, -0.25) is 14.8 Å². The third-order valence-electron chi connectivity index (χ3n) is 4.09. The molecule has 8 nitrogen and oxygen atoms in total. The van der Waals surface area contributed by atoms with Gasteiger partial charge >= 0.3 is 6.03 Å². The molecule has 132 valence electrons. The predicted molar refractivity (Wildman–Crippen MR) is 88.1 cm³/mol. The van der Waals surface area contributed by atoms with Gasteiger partial charge in [0.1, 0.15) is 18.2 Å². The Morgan fingerprint density at radius 2 is 2.00 bits per heavy atom. The van der Waals surface area contributed by atoms with Gasteiger partial charge in [-0.2, -0.15) is 4.98 Å². The van der Waals surface area contributed by atoms with Crippen molar-refractivity contribution in [1.82, 2.24) is 24.6 Å². The molecule has 0 unspecified atom stereocenters. The highest BCUT2D eigenvalue weighted by molar-refractivity contribution is 5.91. The second kappa shape index (κ2) is 6.88. The quantitative estimate of drug-likeness (QED) is 0.903. The van der Waals surface area contributed by atoms with E-state index in [1.165, 1.54) is 17.0 Å². The molecule has 3 amide bonds. The van der Waals surface area contributed by atoms with Crippen molar-refractivity contribution in [2.24, 2.45) is 7.05 Å². The van der Waals surface area contributed by atoms with Gasteiger partial charge in [-0.1, -0.05) is 12.1 Å². The van der Waals surface area contributed by atoms with Crippen LogP contribution in [0, 0.1) is 12.7 Å². The van der Waals surface area contributed by atoms with Crippen molar-refractivity contribution in [2.45, 2.75) is 13.5 Å². The number of aryl methyl sites for hydroxylation is 2. The summed E-state index contributed by atoms with van der Waals surface area (Å²) in [6.07, 6.45) is 0. The summed E-state index contributed by atoms with van der Waals surface area (Å²) in [5.41, 5.74) is 0.848.